The summed E-state index contributed by atoms with van der Waals surface area (Å²) in [6, 6.07) is 4.77. The summed E-state index contributed by atoms with van der Waals surface area (Å²) in [4.78, 5) is 0. The Bertz CT molecular complexity index is 402. The second-order valence-corrected chi connectivity index (χ2v) is 5.60. The van der Waals surface area contributed by atoms with Crippen LogP contribution in [0.1, 0.15) is 30.7 Å². The maximum Gasteiger partial charge on any atom is 0.0956 e. The van der Waals surface area contributed by atoms with Gasteiger partial charge in [0.15, 0.2) is 0 Å². The van der Waals surface area contributed by atoms with Gasteiger partial charge in [0.25, 0.3) is 0 Å². The van der Waals surface area contributed by atoms with Crippen LogP contribution in [0.4, 0.5) is 0 Å². The van der Waals surface area contributed by atoms with Gasteiger partial charge in [-0.2, -0.15) is 0 Å². The maximum atomic E-state index is 5.96. The highest BCUT2D eigenvalue weighted by molar-refractivity contribution is 5.16. The number of aryl methyl sites for hydroxylation is 2. The predicted molar refractivity (Wildman–Crippen MR) is 70.4 cm³/mol. The van der Waals surface area contributed by atoms with E-state index >= 15 is 0 Å². The van der Waals surface area contributed by atoms with Crippen LogP contribution in [0.5, 0.6) is 0 Å². The van der Waals surface area contributed by atoms with E-state index in [-0.39, 0.29) is 5.60 Å². The van der Waals surface area contributed by atoms with Crippen molar-refractivity contribution in [2.24, 2.45) is 0 Å². The molecule has 100 valence electrons. The summed E-state index contributed by atoms with van der Waals surface area (Å²) in [5, 5.41) is 0. The number of nitrogens with zero attached hydrogens (tertiary/aromatic N) is 1. The van der Waals surface area contributed by atoms with Crippen LogP contribution in [0.25, 0.3) is 0 Å². The van der Waals surface area contributed by atoms with Crippen molar-refractivity contribution in [3.05, 3.63) is 23.5 Å². The summed E-state index contributed by atoms with van der Waals surface area (Å²) < 4.78 is 13.7. The number of hydrogen-bond donors (Lipinski definition) is 1. The minimum absolute atomic E-state index is 0.0229. The van der Waals surface area contributed by atoms with Gasteiger partial charge < -0.3 is 14.9 Å². The van der Waals surface area contributed by atoms with E-state index in [1.165, 1.54) is 11.4 Å². The summed E-state index contributed by atoms with van der Waals surface area (Å²) in [6.07, 6.45) is 3.15. The topological polar surface area (TPSA) is 35.4 Å². The first kappa shape index (κ1) is 12.1. The Hall–Kier alpha value is -1.00. The largest absolute Gasteiger partial charge is 0.378 e. The van der Waals surface area contributed by atoms with Gasteiger partial charge in [-0.25, -0.2) is 0 Å². The predicted octanol–water partition coefficient (Wildman–Crippen LogP) is 1.99. The minimum atomic E-state index is -0.0229. The van der Waals surface area contributed by atoms with Crippen molar-refractivity contribution in [3.8, 4) is 0 Å². The third-order valence-corrected chi connectivity index (χ3v) is 4.14. The van der Waals surface area contributed by atoms with Gasteiger partial charge in [0.2, 0.25) is 0 Å². The van der Waals surface area contributed by atoms with Gasteiger partial charge in [-0.3, -0.25) is 4.68 Å². The Morgan fingerprint density at radius 3 is 2.72 bits per heavy atom. The molecule has 0 saturated carbocycles. The van der Waals surface area contributed by atoms with Crippen LogP contribution in [0, 0.1) is 13.8 Å². The van der Waals surface area contributed by atoms with E-state index in [0.717, 1.165) is 39.1 Å². The van der Waals surface area contributed by atoms with Gasteiger partial charge in [-0.15, -0.1) is 0 Å². The first-order valence-corrected chi connectivity index (χ1v) is 6.82. The highest BCUT2D eigenvalue weighted by atomic mass is 16.6. The molecular weight excluding hydrogens is 228 g/mol. The van der Waals surface area contributed by atoms with Crippen molar-refractivity contribution in [2.75, 3.05) is 25.2 Å². The zero-order chi connectivity index (χ0) is 12.6. The first-order valence-electron chi connectivity index (χ1n) is 6.82. The molecule has 0 amide bonds. The van der Waals surface area contributed by atoms with Gasteiger partial charge in [0.05, 0.1) is 12.2 Å². The highest BCUT2D eigenvalue weighted by Crippen LogP contribution is 2.33. The van der Waals surface area contributed by atoms with Gasteiger partial charge in [0, 0.05) is 43.5 Å². The molecular formula is C14H22N2O2. The number of nitrogens with one attached hydrogen (secondary N) is 1. The Kier molecular flexibility index (Phi) is 3.08. The lowest BCUT2D eigenvalue weighted by Crippen LogP contribution is -2.46. The van der Waals surface area contributed by atoms with Crippen LogP contribution >= 0.6 is 0 Å². The summed E-state index contributed by atoms with van der Waals surface area (Å²) in [7, 11) is 0. The van der Waals surface area contributed by atoms with Crippen LogP contribution in [-0.2, 0) is 9.47 Å². The van der Waals surface area contributed by atoms with Crippen LogP contribution in [0.3, 0.4) is 0 Å². The zero-order valence-electron chi connectivity index (χ0n) is 11.2. The van der Waals surface area contributed by atoms with Gasteiger partial charge in [0.1, 0.15) is 0 Å². The molecule has 0 radical (unpaired) electrons. The third kappa shape index (κ3) is 2.15. The molecule has 18 heavy (non-hydrogen) atoms. The van der Waals surface area contributed by atoms with Crippen molar-refractivity contribution in [3.63, 3.8) is 0 Å². The maximum absolute atomic E-state index is 5.96. The van der Waals surface area contributed by atoms with E-state index in [0.29, 0.717) is 6.04 Å². The normalized spacial score (nSPS) is 32.0. The molecule has 0 aromatic carbocycles. The molecule has 4 nitrogen and oxygen atoms in total. The zero-order valence-corrected chi connectivity index (χ0v) is 11.2. The minimum Gasteiger partial charge on any atom is -0.378 e. The van der Waals surface area contributed by atoms with Crippen LogP contribution in [0.2, 0.25) is 0 Å². The highest BCUT2D eigenvalue weighted by Gasteiger charge is 2.41. The number of aromatic nitrogens is 1. The molecule has 2 fully saturated rings. The molecule has 1 aromatic rings. The summed E-state index contributed by atoms with van der Waals surface area (Å²) in [5.74, 6) is 0. The Labute approximate surface area is 108 Å². The molecule has 1 spiro atoms. The SMILES string of the molecule is Cc1ccc(C)n1NC1CCOC2(CCOC2)C1. The molecule has 1 aromatic heterocycles. The van der Waals surface area contributed by atoms with Crippen molar-refractivity contribution in [1.82, 2.24) is 4.68 Å². The van der Waals surface area contributed by atoms with Crippen LogP contribution < -0.4 is 5.43 Å². The molecule has 2 unspecified atom stereocenters. The fourth-order valence-corrected chi connectivity index (χ4v) is 3.06. The summed E-state index contributed by atoms with van der Waals surface area (Å²) >= 11 is 0. The Balaban J connectivity index is 1.70. The first-order chi connectivity index (χ1) is 8.69. The molecule has 2 aliphatic heterocycles. The molecule has 0 aliphatic carbocycles. The van der Waals surface area contributed by atoms with Crippen molar-refractivity contribution in [1.29, 1.82) is 0 Å². The number of hydrogen-bond acceptors (Lipinski definition) is 3. The number of rotatable bonds is 2. The smallest absolute Gasteiger partial charge is 0.0956 e. The van der Waals surface area contributed by atoms with Crippen LogP contribution in [0.15, 0.2) is 12.1 Å². The quantitative estimate of drug-likeness (QED) is 0.872. The average molecular weight is 250 g/mol. The lowest BCUT2D eigenvalue weighted by molar-refractivity contribution is -0.0840. The standard InChI is InChI=1S/C14H22N2O2/c1-11-3-4-12(2)16(11)15-13-5-7-18-14(9-13)6-8-17-10-14/h3-4,13,15H,5-10H2,1-2H3. The fraction of sp³-hybridized carbons (Fsp3) is 0.714. The van der Waals surface area contributed by atoms with Gasteiger partial charge >= 0.3 is 0 Å². The van der Waals surface area contributed by atoms with E-state index in [4.69, 9.17) is 9.47 Å². The second-order valence-electron chi connectivity index (χ2n) is 5.60. The van der Waals surface area contributed by atoms with E-state index < -0.39 is 0 Å². The van der Waals surface area contributed by atoms with Crippen LogP contribution in [-0.4, -0.2) is 36.1 Å². The van der Waals surface area contributed by atoms with Crippen molar-refractivity contribution in [2.45, 2.75) is 44.8 Å². The molecule has 0 bridgehead atoms. The van der Waals surface area contributed by atoms with E-state index in [9.17, 15) is 0 Å². The summed E-state index contributed by atoms with van der Waals surface area (Å²) in [5.41, 5.74) is 6.13. The lowest BCUT2D eigenvalue weighted by Gasteiger charge is -2.38. The molecule has 2 saturated heterocycles. The van der Waals surface area contributed by atoms with Crippen molar-refractivity contribution >= 4 is 0 Å². The third-order valence-electron chi connectivity index (χ3n) is 4.14. The van der Waals surface area contributed by atoms with Crippen molar-refractivity contribution < 1.29 is 9.47 Å². The Morgan fingerprint density at radius 1 is 1.28 bits per heavy atom. The Morgan fingerprint density at radius 2 is 2.06 bits per heavy atom. The lowest BCUT2D eigenvalue weighted by atomic mass is 9.90. The molecule has 1 N–H and O–H groups in total. The second kappa shape index (κ2) is 4.59. The molecule has 3 heterocycles. The fourth-order valence-electron chi connectivity index (χ4n) is 3.06. The number of ether oxygens (including phenoxy) is 2. The van der Waals surface area contributed by atoms with E-state index in [2.05, 4.69) is 36.1 Å². The molecule has 2 atom stereocenters. The monoisotopic (exact) mass is 250 g/mol. The summed E-state index contributed by atoms with van der Waals surface area (Å²) in [6.45, 7) is 6.70. The molecule has 2 aliphatic rings. The van der Waals surface area contributed by atoms with E-state index in [1.807, 2.05) is 0 Å². The average Bonchev–Trinajstić information content (AvgIpc) is 2.92. The van der Waals surface area contributed by atoms with Gasteiger partial charge in [-0.1, -0.05) is 0 Å². The van der Waals surface area contributed by atoms with Gasteiger partial charge in [-0.05, 0) is 32.4 Å². The van der Waals surface area contributed by atoms with E-state index in [1.54, 1.807) is 0 Å². The molecule has 4 heteroatoms. The molecule has 3 rings (SSSR count).